The molecule has 0 aromatic rings. The average Bonchev–Trinajstić information content (AvgIpc) is 1.99. The van der Waals surface area contributed by atoms with Crippen LogP contribution in [0.15, 0.2) is 0 Å². The van der Waals surface area contributed by atoms with Gasteiger partial charge in [0.15, 0.2) is 0 Å². The molecule has 0 saturated carbocycles. The summed E-state index contributed by atoms with van der Waals surface area (Å²) in [4.78, 5) is 3.14. The molecule has 2 nitrogen and oxygen atoms in total. The molecule has 0 bridgehead atoms. The molecule has 15 heavy (non-hydrogen) atoms. The van der Waals surface area contributed by atoms with Crippen LogP contribution >= 0.6 is 0 Å². The summed E-state index contributed by atoms with van der Waals surface area (Å²) in [7, 11) is 0. The van der Waals surface area contributed by atoms with Crippen LogP contribution in [0.25, 0.3) is 0 Å². The Morgan fingerprint density at radius 2 is 1.67 bits per heavy atom. The summed E-state index contributed by atoms with van der Waals surface area (Å²) in [5.74, 6) is 0. The van der Waals surface area contributed by atoms with Gasteiger partial charge in [0.1, 0.15) is 0 Å². The Labute approximate surface area is 91.2 Å². The van der Waals surface area contributed by atoms with Crippen LogP contribution in [0.3, 0.4) is 0 Å². The van der Waals surface area contributed by atoms with Crippen molar-refractivity contribution < 1.29 is 8.78 Å². The predicted molar refractivity (Wildman–Crippen MR) is 58.1 cm³/mol. The van der Waals surface area contributed by atoms with E-state index in [1.165, 1.54) is 4.90 Å². The molecule has 1 fully saturated rings. The highest BCUT2D eigenvalue weighted by Gasteiger charge is 2.47. The number of hydrogen-bond acceptors (Lipinski definition) is 2. The summed E-state index contributed by atoms with van der Waals surface area (Å²) in [5, 5.41) is 0. The van der Waals surface area contributed by atoms with Gasteiger partial charge in [0.05, 0.1) is 6.54 Å². The molecule has 0 N–H and O–H groups in total. The molecule has 1 aliphatic heterocycles. The minimum atomic E-state index is -2.71. The number of halogens is 2. The molecule has 0 spiro atoms. The largest absolute Gasteiger partial charge is 0.317 e. The summed E-state index contributed by atoms with van der Waals surface area (Å²) in [6.45, 7) is 10.5. The fourth-order valence-corrected chi connectivity index (χ4v) is 2.07. The number of alkyl halides is 2. The van der Waals surface area contributed by atoms with Gasteiger partial charge in [-0.1, -0.05) is 0 Å². The highest BCUT2D eigenvalue weighted by atomic mass is 19.3. The van der Waals surface area contributed by atoms with Crippen molar-refractivity contribution in [1.82, 2.24) is 9.80 Å². The van der Waals surface area contributed by atoms with E-state index in [1.807, 2.05) is 39.5 Å². The summed E-state index contributed by atoms with van der Waals surface area (Å²) in [6.07, 6.45) is 0. The lowest BCUT2D eigenvalue weighted by molar-refractivity contribution is -0.218. The molecule has 1 aliphatic rings. The second kappa shape index (κ2) is 3.98. The van der Waals surface area contributed by atoms with Gasteiger partial charge in [-0.05, 0) is 34.6 Å². The van der Waals surface area contributed by atoms with E-state index in [0.29, 0.717) is 6.54 Å². The van der Waals surface area contributed by atoms with E-state index in [4.69, 9.17) is 0 Å². The zero-order valence-corrected chi connectivity index (χ0v) is 10.3. The Hall–Kier alpha value is -0.220. The van der Waals surface area contributed by atoms with Crippen LogP contribution in [0.4, 0.5) is 8.78 Å². The second-order valence-corrected chi connectivity index (χ2v) is 5.55. The van der Waals surface area contributed by atoms with Gasteiger partial charge in [0.25, 0.3) is 0 Å². The zero-order valence-electron chi connectivity index (χ0n) is 10.3. The maximum absolute atomic E-state index is 13.9. The van der Waals surface area contributed by atoms with Gasteiger partial charge in [-0.15, -0.1) is 0 Å². The van der Waals surface area contributed by atoms with Crippen LogP contribution in [0.5, 0.6) is 0 Å². The van der Waals surface area contributed by atoms with Crippen molar-refractivity contribution in [3.05, 3.63) is 0 Å². The third-order valence-electron chi connectivity index (χ3n) is 2.94. The van der Waals surface area contributed by atoms with Crippen LogP contribution in [-0.2, 0) is 0 Å². The summed E-state index contributed by atoms with van der Waals surface area (Å²) < 4.78 is 27.7. The van der Waals surface area contributed by atoms with Crippen LogP contribution < -0.4 is 0 Å². The Kier molecular flexibility index (Phi) is 3.41. The van der Waals surface area contributed by atoms with Crippen molar-refractivity contribution in [2.75, 3.05) is 19.6 Å². The zero-order chi connectivity index (χ0) is 11.9. The van der Waals surface area contributed by atoms with Crippen LogP contribution in [0, 0.1) is 0 Å². The van der Waals surface area contributed by atoms with E-state index in [-0.39, 0.29) is 12.6 Å². The fraction of sp³-hybridized carbons (Fsp3) is 1.00. The maximum Gasteiger partial charge on any atom is 0.317 e. The monoisotopic (exact) mass is 220 g/mol. The smallest absolute Gasteiger partial charge is 0.293 e. The van der Waals surface area contributed by atoms with E-state index in [9.17, 15) is 8.78 Å². The Morgan fingerprint density at radius 3 is 2.00 bits per heavy atom. The first-order valence-corrected chi connectivity index (χ1v) is 5.54. The van der Waals surface area contributed by atoms with Crippen molar-refractivity contribution in [2.24, 2.45) is 0 Å². The molecular formula is C11H22F2N2. The molecule has 0 unspecified atom stereocenters. The van der Waals surface area contributed by atoms with Gasteiger partial charge < -0.3 is 0 Å². The van der Waals surface area contributed by atoms with Gasteiger partial charge in [-0.2, -0.15) is 8.78 Å². The van der Waals surface area contributed by atoms with Crippen molar-refractivity contribution >= 4 is 0 Å². The van der Waals surface area contributed by atoms with Crippen LogP contribution in [-0.4, -0.2) is 47.1 Å². The molecule has 1 heterocycles. The summed E-state index contributed by atoms with van der Waals surface area (Å²) >= 11 is 0. The minimum absolute atomic E-state index is 0.151. The van der Waals surface area contributed by atoms with Gasteiger partial charge in [0.2, 0.25) is 0 Å². The molecule has 0 aromatic carbocycles. The van der Waals surface area contributed by atoms with Crippen LogP contribution in [0.1, 0.15) is 34.6 Å². The fourth-order valence-electron chi connectivity index (χ4n) is 2.07. The molecule has 0 atom stereocenters. The minimum Gasteiger partial charge on any atom is -0.293 e. The Morgan fingerprint density at radius 1 is 1.13 bits per heavy atom. The third kappa shape index (κ3) is 2.88. The lowest BCUT2D eigenvalue weighted by Crippen LogP contribution is -2.64. The van der Waals surface area contributed by atoms with Crippen molar-refractivity contribution in [2.45, 2.75) is 52.2 Å². The SMILES string of the molecule is CC(C)N1CCN(C(C)(C)C)C(F)(F)C1. The summed E-state index contributed by atoms with van der Waals surface area (Å²) in [5.41, 5.74) is -0.466. The Balaban J connectivity index is 2.75. The predicted octanol–water partition coefficient (Wildman–Crippen LogP) is 2.40. The molecule has 1 rings (SSSR count). The van der Waals surface area contributed by atoms with E-state index in [2.05, 4.69) is 0 Å². The van der Waals surface area contributed by atoms with Crippen molar-refractivity contribution in [1.29, 1.82) is 0 Å². The van der Waals surface area contributed by atoms with E-state index in [1.54, 1.807) is 0 Å². The van der Waals surface area contributed by atoms with E-state index in [0.717, 1.165) is 6.54 Å². The summed E-state index contributed by atoms with van der Waals surface area (Å²) in [6, 6.07) is -2.51. The lowest BCUT2D eigenvalue weighted by atomic mass is 10.0. The molecule has 0 aromatic heterocycles. The molecule has 4 heteroatoms. The molecule has 0 radical (unpaired) electrons. The first-order chi connectivity index (χ1) is 6.64. The van der Waals surface area contributed by atoms with Crippen LogP contribution in [0.2, 0.25) is 0 Å². The number of nitrogens with zero attached hydrogens (tertiary/aromatic N) is 2. The van der Waals surface area contributed by atoms with Crippen molar-refractivity contribution in [3.8, 4) is 0 Å². The lowest BCUT2D eigenvalue weighted by Gasteiger charge is -2.48. The van der Waals surface area contributed by atoms with E-state index < -0.39 is 11.6 Å². The average molecular weight is 220 g/mol. The number of hydrogen-bond donors (Lipinski definition) is 0. The first-order valence-electron chi connectivity index (χ1n) is 5.54. The van der Waals surface area contributed by atoms with Gasteiger partial charge in [-0.25, -0.2) is 4.90 Å². The molecular weight excluding hydrogens is 198 g/mol. The first kappa shape index (κ1) is 12.8. The Bertz CT molecular complexity index is 221. The quantitative estimate of drug-likeness (QED) is 0.626. The molecule has 1 saturated heterocycles. The highest BCUT2D eigenvalue weighted by Crippen LogP contribution is 2.32. The normalized spacial score (nSPS) is 24.8. The standard InChI is InChI=1S/C11H22F2N2/c1-9(2)14-6-7-15(10(3,4)5)11(12,13)8-14/h9H,6-8H2,1-5H3. The van der Waals surface area contributed by atoms with Gasteiger partial charge in [-0.3, -0.25) is 4.90 Å². The molecule has 90 valence electrons. The third-order valence-corrected chi connectivity index (χ3v) is 2.94. The highest BCUT2D eigenvalue weighted by molar-refractivity contribution is 4.89. The number of piperazine rings is 1. The van der Waals surface area contributed by atoms with Gasteiger partial charge >= 0.3 is 6.05 Å². The maximum atomic E-state index is 13.9. The topological polar surface area (TPSA) is 6.48 Å². The second-order valence-electron chi connectivity index (χ2n) is 5.55. The molecule has 0 aliphatic carbocycles. The van der Waals surface area contributed by atoms with E-state index >= 15 is 0 Å². The van der Waals surface area contributed by atoms with Crippen molar-refractivity contribution in [3.63, 3.8) is 0 Å². The number of rotatable bonds is 1. The van der Waals surface area contributed by atoms with Gasteiger partial charge in [0, 0.05) is 24.7 Å². The molecule has 0 amide bonds.